The number of anilines is 3. The lowest BCUT2D eigenvalue weighted by atomic mass is 9.59. The molecule has 0 aliphatic heterocycles. The summed E-state index contributed by atoms with van der Waals surface area (Å²) < 4.78 is 0. The third-order valence-electron chi connectivity index (χ3n) is 19.0. The molecule has 1 heteroatoms. The Labute approximate surface area is 343 Å². The first kappa shape index (κ1) is 32.0. The lowest BCUT2D eigenvalue weighted by molar-refractivity contribution is 0.191. The number of nitrogens with zero attached hydrogens (tertiary/aromatic N) is 1. The maximum Gasteiger partial charge on any atom is 0.0468 e. The van der Waals surface area contributed by atoms with Gasteiger partial charge in [-0.1, -0.05) is 105 Å². The van der Waals surface area contributed by atoms with Gasteiger partial charge in [-0.15, -0.1) is 0 Å². The first-order valence-electron chi connectivity index (χ1n) is 23.0. The van der Waals surface area contributed by atoms with Crippen LogP contribution in [0.2, 0.25) is 0 Å². The third kappa shape index (κ3) is 3.52. The van der Waals surface area contributed by atoms with Gasteiger partial charge in [-0.3, -0.25) is 0 Å². The van der Waals surface area contributed by atoms with Gasteiger partial charge in [-0.05, 0) is 202 Å². The third-order valence-corrected chi connectivity index (χ3v) is 19.0. The Morgan fingerprint density at radius 2 is 0.810 bits per heavy atom. The molecule has 0 radical (unpaired) electrons. The van der Waals surface area contributed by atoms with Crippen LogP contribution in [-0.2, 0) is 16.2 Å². The van der Waals surface area contributed by atoms with Crippen LogP contribution in [0.3, 0.4) is 0 Å². The van der Waals surface area contributed by atoms with Crippen molar-refractivity contribution in [1.29, 1.82) is 0 Å². The Morgan fingerprint density at radius 3 is 1.34 bits per heavy atom. The number of hydrogen-bond acceptors (Lipinski definition) is 1. The van der Waals surface area contributed by atoms with Crippen LogP contribution in [0.4, 0.5) is 17.1 Å². The fourth-order valence-electron chi connectivity index (χ4n) is 17.5. The molecule has 0 heterocycles. The van der Waals surface area contributed by atoms with Gasteiger partial charge < -0.3 is 4.90 Å². The first-order valence-corrected chi connectivity index (χ1v) is 23.0. The lowest BCUT2D eigenvalue weighted by Gasteiger charge is -2.44. The van der Waals surface area contributed by atoms with E-state index in [4.69, 9.17) is 0 Å². The molecule has 284 valence electrons. The molecule has 8 fully saturated rings. The monoisotopic (exact) mass is 749 g/mol. The highest BCUT2D eigenvalue weighted by atomic mass is 15.1. The lowest BCUT2D eigenvalue weighted by Crippen LogP contribution is -2.40. The zero-order chi connectivity index (χ0) is 37.9. The van der Waals surface area contributed by atoms with Crippen molar-refractivity contribution in [2.24, 2.45) is 47.3 Å². The average Bonchev–Trinajstić information content (AvgIpc) is 4.05. The maximum atomic E-state index is 2.64. The van der Waals surface area contributed by atoms with E-state index in [0.29, 0.717) is 0 Å². The van der Waals surface area contributed by atoms with Crippen molar-refractivity contribution in [2.75, 3.05) is 4.90 Å². The Kier molecular flexibility index (Phi) is 5.78. The van der Waals surface area contributed by atoms with Crippen LogP contribution >= 0.6 is 0 Å². The molecule has 0 N–H and O–H groups in total. The predicted octanol–water partition coefficient (Wildman–Crippen LogP) is 14.1. The second kappa shape index (κ2) is 10.5. The minimum atomic E-state index is -0.0675. The largest absolute Gasteiger partial charge is 0.310 e. The summed E-state index contributed by atoms with van der Waals surface area (Å²) in [5.41, 5.74) is 22.3. The molecule has 11 aliphatic carbocycles. The minimum absolute atomic E-state index is 0.0675. The molecule has 1 nitrogen and oxygen atoms in total. The van der Waals surface area contributed by atoms with Crippen molar-refractivity contribution < 1.29 is 0 Å². The van der Waals surface area contributed by atoms with Crippen molar-refractivity contribution in [1.82, 2.24) is 0 Å². The van der Waals surface area contributed by atoms with Gasteiger partial charge in [0.15, 0.2) is 0 Å². The van der Waals surface area contributed by atoms with E-state index in [-0.39, 0.29) is 16.2 Å². The summed E-state index contributed by atoms with van der Waals surface area (Å²) in [6, 6.07) is 51.2. The highest BCUT2D eigenvalue weighted by Crippen LogP contribution is 2.74. The van der Waals surface area contributed by atoms with Gasteiger partial charge >= 0.3 is 0 Å². The minimum Gasteiger partial charge on any atom is -0.310 e. The topological polar surface area (TPSA) is 3.24 Å². The number of benzene rings is 6. The molecule has 8 saturated carbocycles. The Bertz CT molecular complexity index is 2680. The molecule has 6 aromatic carbocycles. The summed E-state index contributed by atoms with van der Waals surface area (Å²) in [7, 11) is 0. The fraction of sp³-hybridized carbons (Fsp3) is 0.368. The van der Waals surface area contributed by atoms with Gasteiger partial charge in [0.1, 0.15) is 0 Å². The molecule has 2 spiro atoms. The second-order valence-electron chi connectivity index (χ2n) is 21.3. The molecule has 10 atom stereocenters. The molecule has 6 aromatic rings. The van der Waals surface area contributed by atoms with Crippen molar-refractivity contribution in [3.8, 4) is 33.4 Å². The molecule has 0 amide bonds. The van der Waals surface area contributed by atoms with E-state index in [1.54, 1.807) is 22.3 Å². The van der Waals surface area contributed by atoms with Gasteiger partial charge in [0.05, 0.1) is 0 Å². The molecule has 8 bridgehead atoms. The van der Waals surface area contributed by atoms with E-state index < -0.39 is 0 Å². The van der Waals surface area contributed by atoms with Gasteiger partial charge in [0.25, 0.3) is 0 Å². The normalized spacial score (nSPS) is 34.4. The number of hydrogen-bond donors (Lipinski definition) is 0. The summed E-state index contributed by atoms with van der Waals surface area (Å²) in [6.45, 7) is 4.85. The molecule has 58 heavy (non-hydrogen) atoms. The Hall–Kier alpha value is -4.88. The van der Waals surface area contributed by atoms with E-state index >= 15 is 0 Å². The molecule has 0 saturated heterocycles. The molecule has 10 unspecified atom stereocenters. The SMILES string of the molecule is CC1(C)c2ccccc2-c2ccc(N(c3ccc4c(c3)-c3ccccc3C43C4CC5CC(C4)C3C5)c3ccc4c(c3)-c3ccccc3C43C4CC5CC(C4)C3C5)cc21. The fourth-order valence-corrected chi connectivity index (χ4v) is 17.5. The summed E-state index contributed by atoms with van der Waals surface area (Å²) in [6.07, 6.45) is 11.5. The van der Waals surface area contributed by atoms with Gasteiger partial charge in [-0.25, -0.2) is 0 Å². The predicted molar refractivity (Wildman–Crippen MR) is 236 cm³/mol. The summed E-state index contributed by atoms with van der Waals surface area (Å²) in [4.78, 5) is 2.64. The van der Waals surface area contributed by atoms with Crippen molar-refractivity contribution in [3.63, 3.8) is 0 Å². The zero-order valence-electron chi connectivity index (χ0n) is 33.8. The highest BCUT2D eigenvalue weighted by molar-refractivity contribution is 5.92. The van der Waals surface area contributed by atoms with E-state index in [0.717, 1.165) is 47.3 Å². The number of fused-ring (bicyclic) bond motifs is 9. The molecular formula is C57H51N. The summed E-state index contributed by atoms with van der Waals surface area (Å²) in [5.74, 6) is 6.88. The maximum absolute atomic E-state index is 2.64. The van der Waals surface area contributed by atoms with E-state index in [1.807, 2.05) is 0 Å². The van der Waals surface area contributed by atoms with Crippen LogP contribution in [0.25, 0.3) is 33.4 Å². The molecule has 11 aliphatic rings. The number of rotatable bonds is 3. The first-order chi connectivity index (χ1) is 28.4. The highest BCUT2D eigenvalue weighted by Gasteiger charge is 2.67. The van der Waals surface area contributed by atoms with E-state index in [9.17, 15) is 0 Å². The summed E-state index contributed by atoms with van der Waals surface area (Å²) >= 11 is 0. The van der Waals surface area contributed by atoms with Crippen molar-refractivity contribution >= 4 is 17.1 Å². The van der Waals surface area contributed by atoms with Crippen LogP contribution in [0.1, 0.15) is 98.6 Å². The van der Waals surface area contributed by atoms with Crippen LogP contribution < -0.4 is 4.90 Å². The zero-order valence-corrected chi connectivity index (χ0v) is 33.8. The Morgan fingerprint density at radius 1 is 0.379 bits per heavy atom. The van der Waals surface area contributed by atoms with Crippen molar-refractivity contribution in [2.45, 2.75) is 81.5 Å². The van der Waals surface area contributed by atoms with Crippen LogP contribution in [0, 0.1) is 47.3 Å². The van der Waals surface area contributed by atoms with Gasteiger partial charge in [0.2, 0.25) is 0 Å². The van der Waals surface area contributed by atoms with E-state index in [1.165, 1.54) is 113 Å². The molecule has 17 rings (SSSR count). The van der Waals surface area contributed by atoms with Gasteiger partial charge in [-0.2, -0.15) is 0 Å². The second-order valence-corrected chi connectivity index (χ2v) is 21.3. The Balaban J connectivity index is 0.948. The summed E-state index contributed by atoms with van der Waals surface area (Å²) in [5, 5.41) is 0. The quantitative estimate of drug-likeness (QED) is 0.174. The molecule has 0 aromatic heterocycles. The van der Waals surface area contributed by atoms with Crippen LogP contribution in [0.5, 0.6) is 0 Å². The van der Waals surface area contributed by atoms with E-state index in [2.05, 4.69) is 146 Å². The van der Waals surface area contributed by atoms with Crippen molar-refractivity contribution in [3.05, 3.63) is 161 Å². The molecular weight excluding hydrogens is 699 g/mol. The standard InChI is InChI=1S/C57H51N/c1-55(2)47-12-6-3-9-41(47)44-18-15-40(31-54(44)55)58(38-16-19-50-45(29-38)42-10-4-7-13-48(42)56(50)36-23-32-21-34(27-36)52(56)25-32)39-17-20-51-46(30-39)43-11-5-8-14-49(43)57(51)37-24-33-22-35(28-37)53(57)26-33/h3-20,29-37,52-53H,21-28H2,1-2H3. The van der Waals surface area contributed by atoms with Crippen LogP contribution in [-0.4, -0.2) is 0 Å². The smallest absolute Gasteiger partial charge is 0.0468 e. The average molecular weight is 750 g/mol. The van der Waals surface area contributed by atoms with Gasteiger partial charge in [0, 0.05) is 33.3 Å². The van der Waals surface area contributed by atoms with Crippen LogP contribution in [0.15, 0.2) is 127 Å².